The van der Waals surface area contributed by atoms with Gasteiger partial charge in [0.05, 0.1) is 23.9 Å². The van der Waals surface area contributed by atoms with Crippen molar-refractivity contribution in [3.63, 3.8) is 0 Å². The molecule has 0 fully saturated rings. The SMILES string of the molecule is COc1cc(C(=O)O)ncc1C#Cc1ccccc1NS(=O)(=O)c1ccc(OCC(F)(F)F)c2cccnc12. The molecule has 0 bridgehead atoms. The van der Waals surface area contributed by atoms with E-state index in [0.29, 0.717) is 0 Å². The van der Waals surface area contributed by atoms with E-state index in [0.717, 1.165) is 12.1 Å². The number of fused-ring (bicyclic) bond motifs is 1. The lowest BCUT2D eigenvalue weighted by atomic mass is 10.1. The number of para-hydroxylation sites is 1. The Morgan fingerprint density at radius 3 is 2.49 bits per heavy atom. The molecule has 0 aliphatic rings. The van der Waals surface area contributed by atoms with E-state index < -0.39 is 28.8 Å². The minimum absolute atomic E-state index is 0.0810. The molecule has 0 amide bonds. The Bertz CT molecular complexity index is 1730. The fourth-order valence-electron chi connectivity index (χ4n) is 3.46. The van der Waals surface area contributed by atoms with E-state index in [1.54, 1.807) is 18.2 Å². The fraction of sp³-hybridized carbons (Fsp3) is 0.115. The third-order valence-electron chi connectivity index (χ3n) is 5.18. The van der Waals surface area contributed by atoms with Crippen molar-refractivity contribution in [1.82, 2.24) is 9.97 Å². The van der Waals surface area contributed by atoms with Gasteiger partial charge in [-0.3, -0.25) is 9.71 Å². The molecule has 0 saturated heterocycles. The van der Waals surface area contributed by atoms with Crippen molar-refractivity contribution in [1.29, 1.82) is 0 Å². The summed E-state index contributed by atoms with van der Waals surface area (Å²) in [6, 6.07) is 12.6. The summed E-state index contributed by atoms with van der Waals surface area (Å²) in [7, 11) is -2.95. The van der Waals surface area contributed by atoms with Gasteiger partial charge in [0.2, 0.25) is 0 Å². The van der Waals surface area contributed by atoms with Gasteiger partial charge in [0.25, 0.3) is 10.0 Å². The van der Waals surface area contributed by atoms with Crippen LogP contribution in [0.5, 0.6) is 11.5 Å². The van der Waals surface area contributed by atoms with Crippen LogP contribution in [0.2, 0.25) is 0 Å². The maximum absolute atomic E-state index is 13.4. The highest BCUT2D eigenvalue weighted by atomic mass is 32.2. The van der Waals surface area contributed by atoms with Gasteiger partial charge in [-0.2, -0.15) is 13.2 Å². The van der Waals surface area contributed by atoms with Gasteiger partial charge >= 0.3 is 12.1 Å². The van der Waals surface area contributed by atoms with Crippen LogP contribution in [0.1, 0.15) is 21.6 Å². The molecule has 2 N–H and O–H groups in total. The molecule has 0 spiro atoms. The van der Waals surface area contributed by atoms with Crippen LogP contribution in [0.25, 0.3) is 10.9 Å². The molecule has 2 aromatic carbocycles. The van der Waals surface area contributed by atoms with Crippen LogP contribution < -0.4 is 14.2 Å². The summed E-state index contributed by atoms with van der Waals surface area (Å²) in [5.41, 5.74) is 0.335. The predicted octanol–water partition coefficient (Wildman–Crippen LogP) is 4.48. The molecule has 9 nitrogen and oxygen atoms in total. The maximum Gasteiger partial charge on any atom is 0.422 e. The minimum atomic E-state index is -4.58. The van der Waals surface area contributed by atoms with Crippen LogP contribution >= 0.6 is 0 Å². The lowest BCUT2D eigenvalue weighted by Gasteiger charge is -2.15. The van der Waals surface area contributed by atoms with E-state index >= 15 is 0 Å². The zero-order valence-electron chi connectivity index (χ0n) is 20.0. The van der Waals surface area contributed by atoms with Crippen LogP contribution in [0, 0.1) is 11.8 Å². The lowest BCUT2D eigenvalue weighted by Crippen LogP contribution is -2.19. The molecular formula is C26H18F3N3O6S. The topological polar surface area (TPSA) is 128 Å². The van der Waals surface area contributed by atoms with Crippen molar-refractivity contribution in [3.05, 3.63) is 83.8 Å². The predicted molar refractivity (Wildman–Crippen MR) is 134 cm³/mol. The van der Waals surface area contributed by atoms with E-state index in [1.165, 1.54) is 43.8 Å². The van der Waals surface area contributed by atoms with Gasteiger partial charge in [-0.25, -0.2) is 18.2 Å². The lowest BCUT2D eigenvalue weighted by molar-refractivity contribution is -0.153. The molecule has 0 saturated carbocycles. The number of rotatable bonds is 7. The molecule has 0 atom stereocenters. The number of carboxylic acid groups (broad SMARTS) is 1. The van der Waals surface area contributed by atoms with E-state index in [-0.39, 0.29) is 49.8 Å². The highest BCUT2D eigenvalue weighted by Crippen LogP contribution is 2.32. The summed E-state index contributed by atoms with van der Waals surface area (Å²) >= 11 is 0. The van der Waals surface area contributed by atoms with Crippen molar-refractivity contribution in [2.24, 2.45) is 0 Å². The molecule has 4 aromatic rings. The number of sulfonamides is 1. The van der Waals surface area contributed by atoms with Gasteiger partial charge in [-0.05, 0) is 36.4 Å². The van der Waals surface area contributed by atoms with Crippen molar-refractivity contribution in [2.75, 3.05) is 18.4 Å². The van der Waals surface area contributed by atoms with Crippen LogP contribution in [-0.4, -0.2) is 49.4 Å². The first-order valence-electron chi connectivity index (χ1n) is 11.0. The van der Waals surface area contributed by atoms with Crippen molar-refractivity contribution >= 4 is 32.6 Å². The first-order valence-corrected chi connectivity index (χ1v) is 12.5. The van der Waals surface area contributed by atoms with Gasteiger partial charge in [-0.15, -0.1) is 0 Å². The van der Waals surface area contributed by atoms with E-state index in [4.69, 9.17) is 14.6 Å². The average Bonchev–Trinajstić information content (AvgIpc) is 2.90. The Labute approximate surface area is 220 Å². The molecular weight excluding hydrogens is 539 g/mol. The summed E-state index contributed by atoms with van der Waals surface area (Å²) < 4.78 is 77.2. The van der Waals surface area contributed by atoms with Crippen LogP contribution in [-0.2, 0) is 10.0 Å². The fourth-order valence-corrected chi connectivity index (χ4v) is 4.70. The summed E-state index contributed by atoms with van der Waals surface area (Å²) in [5, 5.41) is 9.19. The van der Waals surface area contributed by atoms with Crippen molar-refractivity contribution in [2.45, 2.75) is 11.1 Å². The number of benzene rings is 2. The Hall–Kier alpha value is -4.83. The second kappa shape index (κ2) is 10.9. The number of ether oxygens (including phenoxy) is 2. The summed E-state index contributed by atoms with van der Waals surface area (Å²) in [6.45, 7) is -1.55. The second-order valence-corrected chi connectivity index (χ2v) is 9.49. The van der Waals surface area contributed by atoms with Crippen LogP contribution in [0.15, 0.2) is 71.9 Å². The third kappa shape index (κ3) is 6.36. The number of halogens is 3. The van der Waals surface area contributed by atoms with E-state index in [1.807, 2.05) is 0 Å². The first kappa shape index (κ1) is 27.2. The highest BCUT2D eigenvalue weighted by molar-refractivity contribution is 7.93. The van der Waals surface area contributed by atoms with Crippen LogP contribution in [0.4, 0.5) is 18.9 Å². The zero-order valence-corrected chi connectivity index (χ0v) is 20.8. The Balaban J connectivity index is 1.69. The molecule has 13 heteroatoms. The van der Waals surface area contributed by atoms with Crippen molar-refractivity contribution < 1.29 is 41.0 Å². The third-order valence-corrected chi connectivity index (χ3v) is 6.58. The number of carbonyl (C=O) groups is 1. The molecule has 0 unspecified atom stereocenters. The normalized spacial score (nSPS) is 11.4. The van der Waals surface area contributed by atoms with E-state index in [2.05, 4.69) is 26.5 Å². The average molecular weight is 558 g/mol. The number of aromatic carboxylic acids is 1. The maximum atomic E-state index is 13.4. The van der Waals surface area contributed by atoms with Gasteiger partial charge in [0, 0.05) is 29.4 Å². The number of methoxy groups -OCH3 is 1. The van der Waals surface area contributed by atoms with Gasteiger partial charge < -0.3 is 14.6 Å². The van der Waals surface area contributed by atoms with Gasteiger partial charge in [-0.1, -0.05) is 24.0 Å². The monoisotopic (exact) mass is 557 g/mol. The standard InChI is InChI=1S/C26H18F3N3O6S/c1-37-22-13-20(25(33)34)31-14-17(22)9-8-16-5-2-3-7-19(16)32-39(35,36)23-11-10-21(38-15-26(27,28)29)18-6-4-12-30-24(18)23/h2-7,10-14,32H,15H2,1H3,(H,33,34). The number of alkyl halides is 3. The number of hydrogen-bond acceptors (Lipinski definition) is 7. The number of pyridine rings is 2. The minimum Gasteiger partial charge on any atom is -0.495 e. The largest absolute Gasteiger partial charge is 0.495 e. The molecule has 2 aromatic heterocycles. The molecule has 200 valence electrons. The van der Waals surface area contributed by atoms with Crippen molar-refractivity contribution in [3.8, 4) is 23.3 Å². The van der Waals surface area contributed by atoms with Gasteiger partial charge in [0.1, 0.15) is 16.4 Å². The zero-order chi connectivity index (χ0) is 28.2. The number of anilines is 1. The smallest absolute Gasteiger partial charge is 0.422 e. The number of nitrogens with zero attached hydrogens (tertiary/aromatic N) is 2. The number of aromatic nitrogens is 2. The molecule has 0 aliphatic heterocycles. The summed E-state index contributed by atoms with van der Waals surface area (Å²) in [5.74, 6) is 4.36. The Morgan fingerprint density at radius 1 is 1.03 bits per heavy atom. The first-order chi connectivity index (χ1) is 18.5. The molecule has 2 heterocycles. The van der Waals surface area contributed by atoms with Gasteiger partial charge in [0.15, 0.2) is 12.3 Å². The molecule has 4 rings (SSSR count). The quantitative estimate of drug-likeness (QED) is 0.319. The number of hydrogen-bond donors (Lipinski definition) is 2. The number of nitrogens with one attached hydrogen (secondary N) is 1. The Morgan fingerprint density at radius 2 is 1.77 bits per heavy atom. The number of carboxylic acids is 1. The molecule has 0 aliphatic carbocycles. The van der Waals surface area contributed by atoms with E-state index in [9.17, 15) is 26.4 Å². The molecule has 0 radical (unpaired) electrons. The summed E-state index contributed by atoms with van der Waals surface area (Å²) in [6.07, 6.45) is -2.04. The summed E-state index contributed by atoms with van der Waals surface area (Å²) in [4.78, 5) is 18.7. The Kier molecular flexibility index (Phi) is 7.59. The second-order valence-electron chi connectivity index (χ2n) is 7.84. The highest BCUT2D eigenvalue weighted by Gasteiger charge is 2.29. The molecule has 39 heavy (non-hydrogen) atoms. The van der Waals surface area contributed by atoms with Crippen LogP contribution in [0.3, 0.4) is 0 Å².